The third kappa shape index (κ3) is 3.03. The van der Waals surface area contributed by atoms with Gasteiger partial charge in [0.2, 0.25) is 0 Å². The van der Waals surface area contributed by atoms with Gasteiger partial charge < -0.3 is 10.0 Å². The van der Waals surface area contributed by atoms with Crippen molar-refractivity contribution in [2.75, 3.05) is 18.0 Å². The first kappa shape index (κ1) is 15.4. The van der Waals surface area contributed by atoms with E-state index in [0.717, 1.165) is 18.7 Å². The maximum Gasteiger partial charge on any atom is 0.142 e. The molecular weight excluding hydrogens is 292 g/mol. The van der Waals surface area contributed by atoms with Crippen LogP contribution < -0.4 is 4.90 Å². The third-order valence-corrected chi connectivity index (χ3v) is 4.21. The van der Waals surface area contributed by atoms with E-state index in [1.807, 2.05) is 32.2 Å². The molecule has 0 unspecified atom stereocenters. The molecule has 0 saturated carbocycles. The van der Waals surface area contributed by atoms with Crippen molar-refractivity contribution in [1.82, 2.24) is 20.0 Å². The summed E-state index contributed by atoms with van der Waals surface area (Å²) in [5, 5.41) is 28.3. The standard InChI is InChI=1S/C16H20N6O/c1-12(2)22-10-15(19-20-22)16(23)5-3-7-21(11-16)14-4-6-18-13(8-14)9-17/h4,6,8,10,12,23H,3,5,7,11H2,1-2H3/t16-/m1/s1. The summed E-state index contributed by atoms with van der Waals surface area (Å²) >= 11 is 0. The van der Waals surface area contributed by atoms with Crippen LogP contribution in [-0.4, -0.2) is 38.2 Å². The first-order valence-corrected chi connectivity index (χ1v) is 7.77. The first-order chi connectivity index (χ1) is 11.0. The summed E-state index contributed by atoms with van der Waals surface area (Å²) < 4.78 is 1.76. The molecule has 0 bridgehead atoms. The van der Waals surface area contributed by atoms with Crippen molar-refractivity contribution in [1.29, 1.82) is 5.26 Å². The number of nitrogens with zero attached hydrogens (tertiary/aromatic N) is 6. The Labute approximate surface area is 135 Å². The number of hydrogen-bond acceptors (Lipinski definition) is 6. The highest BCUT2D eigenvalue weighted by Gasteiger charge is 2.37. The molecule has 1 N–H and O–H groups in total. The van der Waals surface area contributed by atoms with Crippen LogP contribution in [0.1, 0.15) is 44.1 Å². The van der Waals surface area contributed by atoms with Gasteiger partial charge in [0.15, 0.2) is 0 Å². The molecule has 0 aromatic carbocycles. The molecule has 1 atom stereocenters. The minimum atomic E-state index is -1.03. The number of piperidine rings is 1. The second-order valence-electron chi connectivity index (χ2n) is 6.25. The Balaban J connectivity index is 1.85. The highest BCUT2D eigenvalue weighted by molar-refractivity contribution is 5.49. The first-order valence-electron chi connectivity index (χ1n) is 7.77. The predicted molar refractivity (Wildman–Crippen MR) is 84.7 cm³/mol. The van der Waals surface area contributed by atoms with Crippen LogP contribution in [0.3, 0.4) is 0 Å². The summed E-state index contributed by atoms with van der Waals surface area (Å²) in [4.78, 5) is 6.06. The van der Waals surface area contributed by atoms with E-state index in [0.29, 0.717) is 24.4 Å². The molecule has 23 heavy (non-hydrogen) atoms. The number of hydrogen-bond donors (Lipinski definition) is 1. The highest BCUT2D eigenvalue weighted by atomic mass is 16.3. The molecule has 3 heterocycles. The van der Waals surface area contributed by atoms with Crippen molar-refractivity contribution in [3.05, 3.63) is 35.9 Å². The molecule has 1 aliphatic heterocycles. The van der Waals surface area contributed by atoms with E-state index in [4.69, 9.17) is 5.26 Å². The Bertz CT molecular complexity index is 734. The third-order valence-electron chi connectivity index (χ3n) is 4.21. The zero-order chi connectivity index (χ0) is 16.4. The number of rotatable bonds is 3. The lowest BCUT2D eigenvalue weighted by Crippen LogP contribution is -2.46. The number of aromatic nitrogens is 4. The lowest BCUT2D eigenvalue weighted by molar-refractivity contribution is 0.0176. The molecule has 3 rings (SSSR count). The van der Waals surface area contributed by atoms with Crippen LogP contribution in [0.2, 0.25) is 0 Å². The smallest absolute Gasteiger partial charge is 0.142 e. The molecule has 7 nitrogen and oxygen atoms in total. The maximum atomic E-state index is 11.1. The number of β-amino-alcohol motifs (C(OH)–C–C–N with tert-alkyl or cyclic N) is 1. The van der Waals surface area contributed by atoms with Gasteiger partial charge in [-0.25, -0.2) is 9.67 Å². The van der Waals surface area contributed by atoms with E-state index in [1.165, 1.54) is 0 Å². The molecule has 1 aliphatic rings. The van der Waals surface area contributed by atoms with Gasteiger partial charge in [0, 0.05) is 24.5 Å². The van der Waals surface area contributed by atoms with Crippen molar-refractivity contribution < 1.29 is 5.11 Å². The predicted octanol–water partition coefficient (Wildman–Crippen LogP) is 1.61. The van der Waals surface area contributed by atoms with E-state index in [1.54, 1.807) is 16.9 Å². The summed E-state index contributed by atoms with van der Waals surface area (Å²) in [5.41, 5.74) is 0.848. The van der Waals surface area contributed by atoms with Crippen LogP contribution in [0.4, 0.5) is 5.69 Å². The van der Waals surface area contributed by atoms with Gasteiger partial charge in [-0.3, -0.25) is 0 Å². The van der Waals surface area contributed by atoms with Crippen molar-refractivity contribution in [2.45, 2.75) is 38.3 Å². The largest absolute Gasteiger partial charge is 0.382 e. The molecule has 1 fully saturated rings. The van der Waals surface area contributed by atoms with Gasteiger partial charge in [-0.1, -0.05) is 5.21 Å². The number of aliphatic hydroxyl groups is 1. The summed E-state index contributed by atoms with van der Waals surface area (Å²) in [5.74, 6) is 0. The van der Waals surface area contributed by atoms with Gasteiger partial charge in [-0.15, -0.1) is 5.10 Å². The van der Waals surface area contributed by atoms with E-state index in [2.05, 4.69) is 20.2 Å². The van der Waals surface area contributed by atoms with Crippen LogP contribution in [0.15, 0.2) is 24.5 Å². The Morgan fingerprint density at radius 1 is 1.43 bits per heavy atom. The Morgan fingerprint density at radius 2 is 2.26 bits per heavy atom. The molecule has 7 heteroatoms. The molecule has 1 saturated heterocycles. The van der Waals surface area contributed by atoms with Gasteiger partial charge in [-0.05, 0) is 38.8 Å². The van der Waals surface area contributed by atoms with Gasteiger partial charge in [0.25, 0.3) is 0 Å². The average molecular weight is 312 g/mol. The molecule has 0 amide bonds. The average Bonchev–Trinajstić information content (AvgIpc) is 3.06. The van der Waals surface area contributed by atoms with Crippen LogP contribution in [-0.2, 0) is 5.60 Å². The molecule has 2 aromatic heterocycles. The minimum absolute atomic E-state index is 0.206. The van der Waals surface area contributed by atoms with Gasteiger partial charge in [0.05, 0.1) is 12.7 Å². The SMILES string of the molecule is CC(C)n1cc([C@@]2(O)CCCN(c3ccnc(C#N)c3)C2)nn1. The quantitative estimate of drug-likeness (QED) is 0.926. The Morgan fingerprint density at radius 3 is 2.96 bits per heavy atom. The zero-order valence-electron chi connectivity index (χ0n) is 13.3. The lowest BCUT2D eigenvalue weighted by atomic mass is 9.89. The molecule has 2 aromatic rings. The van der Waals surface area contributed by atoms with Crippen LogP contribution in [0.25, 0.3) is 0 Å². The molecule has 0 aliphatic carbocycles. The zero-order valence-corrected chi connectivity index (χ0v) is 13.3. The fourth-order valence-electron chi connectivity index (χ4n) is 2.89. The summed E-state index contributed by atoms with van der Waals surface area (Å²) in [6, 6.07) is 5.86. The van der Waals surface area contributed by atoms with Crippen LogP contribution in [0, 0.1) is 11.3 Å². The van der Waals surface area contributed by atoms with Gasteiger partial charge in [-0.2, -0.15) is 5.26 Å². The molecular formula is C16H20N6O. The van der Waals surface area contributed by atoms with Crippen molar-refractivity contribution in [2.24, 2.45) is 0 Å². The van der Waals surface area contributed by atoms with Crippen LogP contribution in [0.5, 0.6) is 0 Å². The topological polar surface area (TPSA) is 90.9 Å². The van der Waals surface area contributed by atoms with Gasteiger partial charge in [0.1, 0.15) is 23.1 Å². The highest BCUT2D eigenvalue weighted by Crippen LogP contribution is 2.32. The summed E-state index contributed by atoms with van der Waals surface area (Å²) in [6.45, 7) is 5.31. The van der Waals surface area contributed by atoms with Crippen molar-refractivity contribution >= 4 is 5.69 Å². The number of anilines is 1. The fourth-order valence-corrected chi connectivity index (χ4v) is 2.89. The van der Waals surface area contributed by atoms with E-state index >= 15 is 0 Å². The summed E-state index contributed by atoms with van der Waals surface area (Å²) in [6.07, 6.45) is 4.93. The molecule has 0 spiro atoms. The van der Waals surface area contributed by atoms with Crippen molar-refractivity contribution in [3.8, 4) is 6.07 Å². The van der Waals surface area contributed by atoms with Crippen molar-refractivity contribution in [3.63, 3.8) is 0 Å². The van der Waals surface area contributed by atoms with E-state index < -0.39 is 5.60 Å². The fraction of sp³-hybridized carbons (Fsp3) is 0.500. The summed E-state index contributed by atoms with van der Waals surface area (Å²) in [7, 11) is 0. The van der Waals surface area contributed by atoms with E-state index in [9.17, 15) is 5.11 Å². The second-order valence-corrected chi connectivity index (χ2v) is 6.25. The monoisotopic (exact) mass is 312 g/mol. The minimum Gasteiger partial charge on any atom is -0.382 e. The lowest BCUT2D eigenvalue weighted by Gasteiger charge is -2.39. The van der Waals surface area contributed by atoms with E-state index in [-0.39, 0.29) is 6.04 Å². The Hall–Kier alpha value is -2.46. The van der Waals surface area contributed by atoms with Gasteiger partial charge >= 0.3 is 0 Å². The normalized spacial score (nSPS) is 21.4. The molecule has 120 valence electrons. The maximum absolute atomic E-state index is 11.1. The number of nitriles is 1. The number of pyridine rings is 1. The van der Waals surface area contributed by atoms with Crippen LogP contribution >= 0.6 is 0 Å². The second kappa shape index (κ2) is 5.97. The molecule has 0 radical (unpaired) electrons. The Kier molecular flexibility index (Phi) is 4.01.